The first-order valence-corrected chi connectivity index (χ1v) is 9.25. The SMILES string of the molecule is CCn1nc(C(=O)NC2C(C)(C)C(O)C2(C)C)c2c1[C@H](C)O[C@H](C)C2. The van der Waals surface area contributed by atoms with E-state index >= 15 is 0 Å². The number of hydrogen-bond donors (Lipinski definition) is 2. The molecule has 2 heterocycles. The highest BCUT2D eigenvalue weighted by Gasteiger charge is 2.61. The fourth-order valence-corrected chi connectivity index (χ4v) is 5.05. The summed E-state index contributed by atoms with van der Waals surface area (Å²) in [5, 5.41) is 18.1. The first-order valence-electron chi connectivity index (χ1n) is 9.25. The molecule has 0 bridgehead atoms. The van der Waals surface area contributed by atoms with E-state index in [0.717, 1.165) is 11.3 Å². The van der Waals surface area contributed by atoms with Crippen molar-refractivity contribution in [3.63, 3.8) is 0 Å². The number of aryl methyl sites for hydroxylation is 1. The molecule has 0 unspecified atom stereocenters. The van der Waals surface area contributed by atoms with E-state index in [1.165, 1.54) is 0 Å². The van der Waals surface area contributed by atoms with E-state index in [-0.39, 0.29) is 35.0 Å². The van der Waals surface area contributed by atoms with Crippen LogP contribution in [-0.4, -0.2) is 39.0 Å². The molecule has 2 aliphatic rings. The third-order valence-corrected chi connectivity index (χ3v) is 6.09. The quantitative estimate of drug-likeness (QED) is 0.879. The van der Waals surface area contributed by atoms with Gasteiger partial charge in [0.05, 0.1) is 24.0 Å². The lowest BCUT2D eigenvalue weighted by Gasteiger charge is -2.61. The Hall–Kier alpha value is -1.40. The van der Waals surface area contributed by atoms with Crippen molar-refractivity contribution < 1.29 is 14.6 Å². The van der Waals surface area contributed by atoms with E-state index < -0.39 is 6.10 Å². The molecule has 1 aromatic rings. The van der Waals surface area contributed by atoms with E-state index in [0.29, 0.717) is 18.7 Å². The lowest BCUT2D eigenvalue weighted by molar-refractivity contribution is -0.179. The monoisotopic (exact) mass is 349 g/mol. The van der Waals surface area contributed by atoms with Crippen molar-refractivity contribution >= 4 is 5.91 Å². The van der Waals surface area contributed by atoms with Crippen LogP contribution < -0.4 is 5.32 Å². The van der Waals surface area contributed by atoms with Crippen LogP contribution in [0.5, 0.6) is 0 Å². The first-order chi connectivity index (χ1) is 11.5. The Morgan fingerprint density at radius 3 is 2.48 bits per heavy atom. The van der Waals surface area contributed by atoms with Crippen molar-refractivity contribution in [3.05, 3.63) is 17.0 Å². The molecule has 140 valence electrons. The van der Waals surface area contributed by atoms with Crippen LogP contribution in [0.3, 0.4) is 0 Å². The molecule has 25 heavy (non-hydrogen) atoms. The average molecular weight is 349 g/mol. The minimum atomic E-state index is -0.444. The fraction of sp³-hybridized carbons (Fsp3) is 0.789. The molecule has 1 aliphatic heterocycles. The standard InChI is InChI=1S/C19H31N3O3/c1-8-22-14-11(3)25-10(2)9-12(14)13(21-22)15(23)20-16-18(4,5)17(24)19(16,6)7/h10-11,16-17,24H,8-9H2,1-7H3,(H,20,23)/t10-,11+,16?,17?/m1/s1. The summed E-state index contributed by atoms with van der Waals surface area (Å²) in [6.07, 6.45) is 0.261. The number of aliphatic hydroxyl groups is 1. The van der Waals surface area contributed by atoms with Crippen LogP contribution in [0.1, 0.15) is 76.3 Å². The normalized spacial score (nSPS) is 32.6. The molecule has 0 saturated heterocycles. The van der Waals surface area contributed by atoms with Crippen molar-refractivity contribution in [3.8, 4) is 0 Å². The van der Waals surface area contributed by atoms with Crippen LogP contribution in [0.4, 0.5) is 0 Å². The number of nitrogens with zero attached hydrogens (tertiary/aromatic N) is 2. The number of carbonyl (C=O) groups excluding carboxylic acids is 1. The second-order valence-corrected chi connectivity index (χ2v) is 8.77. The van der Waals surface area contributed by atoms with Gasteiger partial charge in [-0.3, -0.25) is 9.48 Å². The van der Waals surface area contributed by atoms with Gasteiger partial charge in [-0.05, 0) is 20.8 Å². The summed E-state index contributed by atoms with van der Waals surface area (Å²) in [6.45, 7) is 14.7. The van der Waals surface area contributed by atoms with Gasteiger partial charge in [-0.1, -0.05) is 27.7 Å². The Morgan fingerprint density at radius 1 is 1.32 bits per heavy atom. The molecule has 6 heteroatoms. The number of ether oxygens (including phenoxy) is 1. The van der Waals surface area contributed by atoms with Gasteiger partial charge in [0.1, 0.15) is 0 Å². The second kappa shape index (κ2) is 5.81. The smallest absolute Gasteiger partial charge is 0.272 e. The van der Waals surface area contributed by atoms with Crippen LogP contribution in [0.25, 0.3) is 0 Å². The number of amides is 1. The summed E-state index contributed by atoms with van der Waals surface area (Å²) in [4.78, 5) is 13.0. The van der Waals surface area contributed by atoms with Gasteiger partial charge in [-0.15, -0.1) is 0 Å². The number of rotatable bonds is 3. The predicted octanol–water partition coefficient (Wildman–Crippen LogP) is 2.45. The van der Waals surface area contributed by atoms with Crippen LogP contribution in [0, 0.1) is 10.8 Å². The molecule has 1 amide bonds. The van der Waals surface area contributed by atoms with Crippen molar-refractivity contribution in [2.75, 3.05) is 0 Å². The molecule has 1 fully saturated rings. The molecule has 0 spiro atoms. The number of fused-ring (bicyclic) bond motifs is 1. The summed E-state index contributed by atoms with van der Waals surface area (Å²) < 4.78 is 7.80. The lowest BCUT2D eigenvalue weighted by atomic mass is 9.49. The summed E-state index contributed by atoms with van der Waals surface area (Å²) in [5.74, 6) is -0.150. The van der Waals surface area contributed by atoms with Crippen molar-refractivity contribution in [1.29, 1.82) is 0 Å². The maximum absolute atomic E-state index is 13.0. The summed E-state index contributed by atoms with van der Waals surface area (Å²) in [6, 6.07) is -0.0976. The molecular formula is C19H31N3O3. The molecule has 1 aliphatic carbocycles. The average Bonchev–Trinajstić information content (AvgIpc) is 2.90. The third-order valence-electron chi connectivity index (χ3n) is 6.09. The van der Waals surface area contributed by atoms with Gasteiger partial charge in [0.2, 0.25) is 0 Å². The van der Waals surface area contributed by atoms with Gasteiger partial charge in [-0.25, -0.2) is 0 Å². The number of aromatic nitrogens is 2. The Kier molecular flexibility index (Phi) is 4.27. The van der Waals surface area contributed by atoms with E-state index in [9.17, 15) is 9.90 Å². The number of hydrogen-bond acceptors (Lipinski definition) is 4. The molecule has 1 saturated carbocycles. The van der Waals surface area contributed by atoms with Gasteiger partial charge >= 0.3 is 0 Å². The van der Waals surface area contributed by atoms with Crippen molar-refractivity contribution in [2.24, 2.45) is 10.8 Å². The Balaban J connectivity index is 1.91. The van der Waals surface area contributed by atoms with Crippen LogP contribution >= 0.6 is 0 Å². The highest BCUT2D eigenvalue weighted by atomic mass is 16.5. The third kappa shape index (κ3) is 2.61. The molecule has 2 N–H and O–H groups in total. The van der Waals surface area contributed by atoms with E-state index in [1.54, 1.807) is 0 Å². The number of carbonyl (C=O) groups is 1. The van der Waals surface area contributed by atoms with E-state index in [4.69, 9.17) is 4.74 Å². The Morgan fingerprint density at radius 2 is 1.92 bits per heavy atom. The van der Waals surface area contributed by atoms with Crippen molar-refractivity contribution in [1.82, 2.24) is 15.1 Å². The minimum absolute atomic E-state index is 0.0637. The second-order valence-electron chi connectivity index (χ2n) is 8.77. The molecule has 6 nitrogen and oxygen atoms in total. The van der Waals surface area contributed by atoms with E-state index in [1.807, 2.05) is 53.1 Å². The Labute approximate surface area is 149 Å². The highest BCUT2D eigenvalue weighted by Crippen LogP contribution is 2.53. The molecule has 1 aromatic heterocycles. The van der Waals surface area contributed by atoms with Crippen LogP contribution in [0.15, 0.2) is 0 Å². The topological polar surface area (TPSA) is 76.4 Å². The molecule has 3 rings (SSSR count). The van der Waals surface area contributed by atoms with Crippen molar-refractivity contribution in [2.45, 2.75) is 85.8 Å². The fourth-order valence-electron chi connectivity index (χ4n) is 5.05. The zero-order chi connectivity index (χ0) is 18.7. The summed E-state index contributed by atoms with van der Waals surface area (Å²) in [5.41, 5.74) is 1.82. The van der Waals surface area contributed by atoms with Crippen LogP contribution in [0.2, 0.25) is 0 Å². The molecular weight excluding hydrogens is 318 g/mol. The van der Waals surface area contributed by atoms with Gasteiger partial charge in [0.25, 0.3) is 5.91 Å². The Bertz CT molecular complexity index is 676. The lowest BCUT2D eigenvalue weighted by Crippen LogP contribution is -2.73. The van der Waals surface area contributed by atoms with E-state index in [2.05, 4.69) is 10.4 Å². The summed E-state index contributed by atoms with van der Waals surface area (Å²) >= 11 is 0. The van der Waals surface area contributed by atoms with Gasteiger partial charge in [0, 0.05) is 35.4 Å². The van der Waals surface area contributed by atoms with Gasteiger partial charge in [-0.2, -0.15) is 5.10 Å². The maximum Gasteiger partial charge on any atom is 0.272 e. The van der Waals surface area contributed by atoms with Crippen LogP contribution in [-0.2, 0) is 17.7 Å². The van der Waals surface area contributed by atoms with Gasteiger partial charge in [0.15, 0.2) is 5.69 Å². The first kappa shape index (κ1) is 18.4. The maximum atomic E-state index is 13.0. The largest absolute Gasteiger partial charge is 0.392 e. The zero-order valence-corrected chi connectivity index (χ0v) is 16.4. The minimum Gasteiger partial charge on any atom is -0.392 e. The molecule has 0 radical (unpaired) electrons. The predicted molar refractivity (Wildman–Crippen MR) is 95.4 cm³/mol. The number of aliphatic hydroxyl groups excluding tert-OH is 1. The zero-order valence-electron chi connectivity index (χ0n) is 16.4. The highest BCUT2D eigenvalue weighted by molar-refractivity contribution is 5.94. The number of nitrogens with one attached hydrogen (secondary N) is 1. The summed E-state index contributed by atoms with van der Waals surface area (Å²) in [7, 11) is 0. The van der Waals surface area contributed by atoms with Gasteiger partial charge < -0.3 is 15.2 Å². The molecule has 2 atom stereocenters. The molecule has 0 aromatic carbocycles.